The molecule has 1 aliphatic heterocycles. The van der Waals surface area contributed by atoms with Gasteiger partial charge in [0.15, 0.2) is 0 Å². The summed E-state index contributed by atoms with van der Waals surface area (Å²) in [5, 5.41) is 3.29. The molecular formula is C12H16FN3O. The standard InChI is InChI=1S/C12H16FN3O/c1-8-7-16(5-4-15-8)11-3-2-9(12(14)17)6-10(11)13/h2-3,6,8,15H,4-5,7H2,1H3,(H2,14,17)/t8-/m1/s1. The van der Waals surface area contributed by atoms with E-state index in [1.54, 1.807) is 12.1 Å². The Morgan fingerprint density at radius 2 is 2.35 bits per heavy atom. The molecule has 0 radical (unpaired) electrons. The van der Waals surface area contributed by atoms with Crippen LogP contribution < -0.4 is 16.0 Å². The molecule has 17 heavy (non-hydrogen) atoms. The quantitative estimate of drug-likeness (QED) is 0.797. The van der Waals surface area contributed by atoms with Crippen molar-refractivity contribution in [3.63, 3.8) is 0 Å². The molecule has 1 aliphatic rings. The lowest BCUT2D eigenvalue weighted by Gasteiger charge is -2.33. The maximum atomic E-state index is 13.9. The predicted octanol–water partition coefficient (Wildman–Crippen LogP) is 0.723. The Kier molecular flexibility index (Phi) is 3.28. The van der Waals surface area contributed by atoms with E-state index >= 15 is 0 Å². The molecule has 1 saturated heterocycles. The molecule has 0 aromatic heterocycles. The van der Waals surface area contributed by atoms with Crippen molar-refractivity contribution in [3.8, 4) is 0 Å². The van der Waals surface area contributed by atoms with E-state index in [4.69, 9.17) is 5.73 Å². The Morgan fingerprint density at radius 1 is 1.59 bits per heavy atom. The zero-order valence-corrected chi connectivity index (χ0v) is 9.74. The van der Waals surface area contributed by atoms with Gasteiger partial charge in [0, 0.05) is 31.2 Å². The van der Waals surface area contributed by atoms with Gasteiger partial charge in [-0.05, 0) is 25.1 Å². The molecule has 1 fully saturated rings. The van der Waals surface area contributed by atoms with Crippen LogP contribution in [-0.2, 0) is 0 Å². The van der Waals surface area contributed by atoms with Gasteiger partial charge in [0.05, 0.1) is 5.69 Å². The van der Waals surface area contributed by atoms with E-state index in [2.05, 4.69) is 12.2 Å². The van der Waals surface area contributed by atoms with E-state index in [1.807, 2.05) is 4.90 Å². The topological polar surface area (TPSA) is 58.4 Å². The van der Waals surface area contributed by atoms with Crippen LogP contribution in [0.4, 0.5) is 10.1 Å². The number of primary amides is 1. The van der Waals surface area contributed by atoms with Crippen molar-refractivity contribution < 1.29 is 9.18 Å². The first kappa shape index (κ1) is 11.9. The first-order valence-electron chi connectivity index (χ1n) is 5.65. The SMILES string of the molecule is C[C@@H]1CN(c2ccc(C(N)=O)cc2F)CCN1. The summed E-state index contributed by atoms with van der Waals surface area (Å²) in [5.74, 6) is -1.00. The number of carbonyl (C=O) groups excluding carboxylic acids is 1. The predicted molar refractivity (Wildman–Crippen MR) is 64.6 cm³/mol. The maximum absolute atomic E-state index is 13.9. The number of nitrogens with zero attached hydrogens (tertiary/aromatic N) is 1. The molecule has 0 saturated carbocycles. The molecule has 0 unspecified atom stereocenters. The van der Waals surface area contributed by atoms with E-state index < -0.39 is 11.7 Å². The lowest BCUT2D eigenvalue weighted by Crippen LogP contribution is -2.49. The minimum Gasteiger partial charge on any atom is -0.366 e. The van der Waals surface area contributed by atoms with Crippen LogP contribution >= 0.6 is 0 Å². The molecule has 1 aromatic rings. The summed E-state index contributed by atoms with van der Waals surface area (Å²) >= 11 is 0. The number of rotatable bonds is 2. The van der Waals surface area contributed by atoms with Gasteiger partial charge in [-0.15, -0.1) is 0 Å². The third kappa shape index (κ3) is 2.55. The highest BCUT2D eigenvalue weighted by Crippen LogP contribution is 2.21. The summed E-state index contributed by atoms with van der Waals surface area (Å²) in [5.41, 5.74) is 5.84. The molecular weight excluding hydrogens is 221 g/mol. The van der Waals surface area contributed by atoms with E-state index in [0.717, 1.165) is 19.6 Å². The van der Waals surface area contributed by atoms with Crippen LogP contribution in [0.2, 0.25) is 0 Å². The fourth-order valence-corrected chi connectivity index (χ4v) is 2.07. The van der Waals surface area contributed by atoms with Crippen LogP contribution in [0, 0.1) is 5.82 Å². The van der Waals surface area contributed by atoms with Crippen molar-refractivity contribution in [1.29, 1.82) is 0 Å². The van der Waals surface area contributed by atoms with E-state index in [-0.39, 0.29) is 5.56 Å². The maximum Gasteiger partial charge on any atom is 0.248 e. The van der Waals surface area contributed by atoms with Crippen molar-refractivity contribution in [1.82, 2.24) is 5.32 Å². The van der Waals surface area contributed by atoms with Crippen LogP contribution in [0.15, 0.2) is 18.2 Å². The Labute approximate surface area is 99.6 Å². The second-order valence-corrected chi connectivity index (χ2v) is 4.33. The Bertz CT molecular complexity index is 436. The molecule has 0 aliphatic carbocycles. The van der Waals surface area contributed by atoms with Gasteiger partial charge < -0.3 is 16.0 Å². The van der Waals surface area contributed by atoms with Gasteiger partial charge in [-0.1, -0.05) is 0 Å². The monoisotopic (exact) mass is 237 g/mol. The van der Waals surface area contributed by atoms with Crippen LogP contribution in [0.3, 0.4) is 0 Å². The van der Waals surface area contributed by atoms with Crippen molar-refractivity contribution in [2.24, 2.45) is 5.73 Å². The highest BCUT2D eigenvalue weighted by molar-refractivity contribution is 5.93. The van der Waals surface area contributed by atoms with Gasteiger partial charge in [-0.2, -0.15) is 0 Å². The normalized spacial score (nSPS) is 20.4. The van der Waals surface area contributed by atoms with Gasteiger partial charge in [0.25, 0.3) is 0 Å². The number of nitrogens with two attached hydrogens (primary N) is 1. The minimum absolute atomic E-state index is 0.203. The van der Waals surface area contributed by atoms with Gasteiger partial charge in [0.2, 0.25) is 5.91 Å². The summed E-state index contributed by atoms with van der Waals surface area (Å²) in [6.07, 6.45) is 0. The van der Waals surface area contributed by atoms with E-state index in [1.165, 1.54) is 6.07 Å². The van der Waals surface area contributed by atoms with Crippen molar-refractivity contribution in [3.05, 3.63) is 29.6 Å². The third-order valence-electron chi connectivity index (χ3n) is 2.94. The number of piperazine rings is 1. The number of hydrogen-bond acceptors (Lipinski definition) is 3. The molecule has 2 rings (SSSR count). The summed E-state index contributed by atoms with van der Waals surface area (Å²) in [4.78, 5) is 12.9. The highest BCUT2D eigenvalue weighted by atomic mass is 19.1. The average Bonchev–Trinajstić information content (AvgIpc) is 2.28. The lowest BCUT2D eigenvalue weighted by molar-refractivity contribution is 0.1000. The lowest BCUT2D eigenvalue weighted by atomic mass is 10.1. The molecule has 1 amide bonds. The summed E-state index contributed by atoms with van der Waals surface area (Å²) < 4.78 is 13.9. The molecule has 1 aromatic carbocycles. The summed E-state index contributed by atoms with van der Waals surface area (Å²) in [6.45, 7) is 4.41. The van der Waals surface area contributed by atoms with Crippen LogP contribution in [0.1, 0.15) is 17.3 Å². The van der Waals surface area contributed by atoms with Crippen LogP contribution in [-0.4, -0.2) is 31.6 Å². The minimum atomic E-state index is -0.607. The number of amides is 1. The van der Waals surface area contributed by atoms with Crippen LogP contribution in [0.5, 0.6) is 0 Å². The summed E-state index contributed by atoms with van der Waals surface area (Å²) in [6, 6.07) is 4.71. The number of hydrogen-bond donors (Lipinski definition) is 2. The number of nitrogens with one attached hydrogen (secondary N) is 1. The molecule has 4 nitrogen and oxygen atoms in total. The molecule has 0 bridgehead atoms. The fourth-order valence-electron chi connectivity index (χ4n) is 2.07. The second kappa shape index (κ2) is 4.71. The first-order chi connectivity index (χ1) is 8.08. The van der Waals surface area contributed by atoms with Gasteiger partial charge in [-0.3, -0.25) is 4.79 Å². The molecule has 5 heteroatoms. The smallest absolute Gasteiger partial charge is 0.248 e. The van der Waals surface area contributed by atoms with Gasteiger partial charge in [0.1, 0.15) is 5.82 Å². The molecule has 1 heterocycles. The Balaban J connectivity index is 2.23. The van der Waals surface area contributed by atoms with Crippen molar-refractivity contribution in [2.45, 2.75) is 13.0 Å². The Morgan fingerprint density at radius 3 is 2.94 bits per heavy atom. The zero-order chi connectivity index (χ0) is 12.4. The molecule has 1 atom stereocenters. The molecule has 92 valence electrons. The van der Waals surface area contributed by atoms with E-state index in [9.17, 15) is 9.18 Å². The molecule has 3 N–H and O–H groups in total. The number of halogens is 1. The number of anilines is 1. The first-order valence-corrected chi connectivity index (χ1v) is 5.65. The number of carbonyl (C=O) groups is 1. The molecule has 0 spiro atoms. The average molecular weight is 237 g/mol. The zero-order valence-electron chi connectivity index (χ0n) is 9.74. The van der Waals surface area contributed by atoms with E-state index in [0.29, 0.717) is 11.7 Å². The largest absolute Gasteiger partial charge is 0.366 e. The van der Waals surface area contributed by atoms with Crippen molar-refractivity contribution in [2.75, 3.05) is 24.5 Å². The fraction of sp³-hybridized carbons (Fsp3) is 0.417. The Hall–Kier alpha value is -1.62. The summed E-state index contributed by atoms with van der Waals surface area (Å²) in [7, 11) is 0. The van der Waals surface area contributed by atoms with Crippen molar-refractivity contribution >= 4 is 11.6 Å². The second-order valence-electron chi connectivity index (χ2n) is 4.33. The third-order valence-corrected chi connectivity index (χ3v) is 2.94. The van der Waals surface area contributed by atoms with Gasteiger partial charge in [-0.25, -0.2) is 4.39 Å². The van der Waals surface area contributed by atoms with Gasteiger partial charge >= 0.3 is 0 Å². The highest BCUT2D eigenvalue weighted by Gasteiger charge is 2.19. The number of benzene rings is 1. The van der Waals surface area contributed by atoms with Crippen LogP contribution in [0.25, 0.3) is 0 Å².